The smallest absolute Gasteiger partial charge is 0.0264 e. The van der Waals surface area contributed by atoms with Crippen LogP contribution in [0, 0.1) is 11.8 Å². The van der Waals surface area contributed by atoms with Gasteiger partial charge in [0, 0.05) is 0 Å². The highest BCUT2D eigenvalue weighted by molar-refractivity contribution is 7.17. The van der Waals surface area contributed by atoms with Gasteiger partial charge in [-0.2, -0.15) is 0 Å². The monoisotopic (exact) mass is 144 g/mol. The van der Waals surface area contributed by atoms with E-state index in [1.165, 1.54) is 19.3 Å². The van der Waals surface area contributed by atoms with Crippen molar-refractivity contribution in [1.82, 2.24) is 0 Å². The fourth-order valence-corrected chi connectivity index (χ4v) is 1.71. The standard InChI is InChI=1S/C8H17P/c1-6(7(2)9)8-4-3-5-8/h6-8H,3-5,9H2,1-2H3/t6-,7?/m0/s1. The molecule has 0 aromatic carbocycles. The Labute approximate surface area is 60.6 Å². The van der Waals surface area contributed by atoms with Gasteiger partial charge in [0.1, 0.15) is 0 Å². The van der Waals surface area contributed by atoms with Gasteiger partial charge < -0.3 is 0 Å². The summed E-state index contributed by atoms with van der Waals surface area (Å²) in [7, 11) is 2.90. The van der Waals surface area contributed by atoms with Gasteiger partial charge in [0.15, 0.2) is 0 Å². The summed E-state index contributed by atoms with van der Waals surface area (Å²) in [5.74, 6) is 1.99. The quantitative estimate of drug-likeness (QED) is 0.523. The van der Waals surface area contributed by atoms with Crippen molar-refractivity contribution < 1.29 is 0 Å². The normalized spacial score (nSPS) is 27.0. The lowest BCUT2D eigenvalue weighted by Crippen LogP contribution is -2.24. The Kier molecular flexibility index (Phi) is 2.52. The van der Waals surface area contributed by atoms with Crippen LogP contribution in [0.25, 0.3) is 0 Å². The van der Waals surface area contributed by atoms with E-state index in [2.05, 4.69) is 23.1 Å². The highest BCUT2D eigenvalue weighted by Gasteiger charge is 2.25. The van der Waals surface area contributed by atoms with Crippen LogP contribution in [0.1, 0.15) is 33.1 Å². The minimum Gasteiger partial charge on any atom is -0.134 e. The SMILES string of the molecule is CC(P)[C@H](C)C1CCC1. The second-order valence-electron chi connectivity index (χ2n) is 3.41. The van der Waals surface area contributed by atoms with E-state index in [0.29, 0.717) is 0 Å². The minimum absolute atomic E-state index is 0.815. The van der Waals surface area contributed by atoms with E-state index in [1.54, 1.807) is 0 Å². The molecule has 0 heterocycles. The lowest BCUT2D eigenvalue weighted by Gasteiger charge is -2.33. The second kappa shape index (κ2) is 3.01. The molecule has 3 atom stereocenters. The number of rotatable bonds is 2. The summed E-state index contributed by atoms with van der Waals surface area (Å²) in [5, 5.41) is 0. The minimum atomic E-state index is 0.815. The maximum Gasteiger partial charge on any atom is -0.0264 e. The number of hydrogen-bond acceptors (Lipinski definition) is 0. The van der Waals surface area contributed by atoms with Gasteiger partial charge >= 0.3 is 0 Å². The summed E-state index contributed by atoms with van der Waals surface area (Å²) in [4.78, 5) is 0. The second-order valence-corrected chi connectivity index (χ2v) is 4.46. The third kappa shape index (κ3) is 1.67. The molecule has 0 aliphatic heterocycles. The first kappa shape index (κ1) is 7.54. The van der Waals surface area contributed by atoms with E-state index < -0.39 is 0 Å². The Morgan fingerprint density at radius 2 is 1.89 bits per heavy atom. The van der Waals surface area contributed by atoms with Gasteiger partial charge in [-0.05, 0) is 17.5 Å². The van der Waals surface area contributed by atoms with Gasteiger partial charge in [0.25, 0.3) is 0 Å². The molecule has 54 valence electrons. The van der Waals surface area contributed by atoms with Crippen LogP contribution in [-0.2, 0) is 0 Å². The molecule has 0 aromatic rings. The van der Waals surface area contributed by atoms with Crippen molar-refractivity contribution in [2.45, 2.75) is 38.8 Å². The molecule has 0 aromatic heterocycles. The third-order valence-corrected chi connectivity index (χ3v) is 3.33. The van der Waals surface area contributed by atoms with Gasteiger partial charge in [-0.25, -0.2) is 0 Å². The van der Waals surface area contributed by atoms with Crippen molar-refractivity contribution in [3.05, 3.63) is 0 Å². The molecule has 1 rings (SSSR count). The van der Waals surface area contributed by atoms with Crippen LogP contribution in [-0.4, -0.2) is 5.66 Å². The average molecular weight is 144 g/mol. The first-order valence-corrected chi connectivity index (χ1v) is 4.64. The van der Waals surface area contributed by atoms with Crippen LogP contribution in [0.5, 0.6) is 0 Å². The van der Waals surface area contributed by atoms with Crippen LogP contribution in [0.4, 0.5) is 0 Å². The Morgan fingerprint density at radius 1 is 1.33 bits per heavy atom. The van der Waals surface area contributed by atoms with E-state index in [-0.39, 0.29) is 0 Å². The van der Waals surface area contributed by atoms with E-state index >= 15 is 0 Å². The predicted molar refractivity (Wildman–Crippen MR) is 45.7 cm³/mol. The van der Waals surface area contributed by atoms with E-state index in [9.17, 15) is 0 Å². The Bertz CT molecular complexity index is 84.6. The van der Waals surface area contributed by atoms with Crippen molar-refractivity contribution >= 4 is 9.24 Å². The molecule has 0 radical (unpaired) electrons. The van der Waals surface area contributed by atoms with Crippen molar-refractivity contribution in [3.63, 3.8) is 0 Å². The van der Waals surface area contributed by atoms with E-state index in [1.807, 2.05) is 0 Å². The van der Waals surface area contributed by atoms with Crippen LogP contribution in [0.2, 0.25) is 0 Å². The van der Waals surface area contributed by atoms with Crippen molar-refractivity contribution in [2.75, 3.05) is 0 Å². The zero-order chi connectivity index (χ0) is 6.85. The number of hydrogen-bond donors (Lipinski definition) is 0. The molecule has 0 amide bonds. The predicted octanol–water partition coefficient (Wildman–Crippen LogP) is 2.69. The average Bonchev–Trinajstić information content (AvgIpc) is 1.60. The molecule has 9 heavy (non-hydrogen) atoms. The summed E-state index contributed by atoms with van der Waals surface area (Å²) in [6.07, 6.45) is 4.45. The highest BCUT2D eigenvalue weighted by atomic mass is 31.0. The molecule has 0 N–H and O–H groups in total. The van der Waals surface area contributed by atoms with Gasteiger partial charge in [-0.15, -0.1) is 9.24 Å². The largest absolute Gasteiger partial charge is 0.134 e. The Morgan fingerprint density at radius 3 is 2.00 bits per heavy atom. The maximum atomic E-state index is 2.90. The third-order valence-electron chi connectivity index (χ3n) is 2.72. The molecule has 0 spiro atoms. The van der Waals surface area contributed by atoms with Gasteiger partial charge in [0.05, 0.1) is 0 Å². The van der Waals surface area contributed by atoms with Crippen LogP contribution < -0.4 is 0 Å². The first-order valence-electron chi connectivity index (χ1n) is 3.97. The molecule has 1 aliphatic carbocycles. The summed E-state index contributed by atoms with van der Waals surface area (Å²) >= 11 is 0. The molecule has 0 saturated heterocycles. The van der Waals surface area contributed by atoms with Gasteiger partial charge in [0.2, 0.25) is 0 Å². The molecule has 1 saturated carbocycles. The molecule has 1 aliphatic rings. The van der Waals surface area contributed by atoms with Crippen molar-refractivity contribution in [3.8, 4) is 0 Å². The topological polar surface area (TPSA) is 0 Å². The van der Waals surface area contributed by atoms with Crippen molar-refractivity contribution in [1.29, 1.82) is 0 Å². The summed E-state index contributed by atoms with van der Waals surface area (Å²) in [6, 6.07) is 0. The maximum absolute atomic E-state index is 2.90. The van der Waals surface area contributed by atoms with Crippen LogP contribution in [0.15, 0.2) is 0 Å². The van der Waals surface area contributed by atoms with Crippen LogP contribution in [0.3, 0.4) is 0 Å². The van der Waals surface area contributed by atoms with Crippen molar-refractivity contribution in [2.24, 2.45) is 11.8 Å². The lowest BCUT2D eigenvalue weighted by atomic mass is 9.75. The summed E-state index contributed by atoms with van der Waals surface area (Å²) in [5.41, 5.74) is 0.815. The summed E-state index contributed by atoms with van der Waals surface area (Å²) < 4.78 is 0. The Balaban J connectivity index is 2.23. The molecular formula is C8H17P. The van der Waals surface area contributed by atoms with Gasteiger partial charge in [-0.3, -0.25) is 0 Å². The zero-order valence-electron chi connectivity index (χ0n) is 6.43. The molecule has 0 nitrogen and oxygen atoms in total. The molecule has 0 bridgehead atoms. The van der Waals surface area contributed by atoms with Crippen LogP contribution >= 0.6 is 9.24 Å². The summed E-state index contributed by atoms with van der Waals surface area (Å²) in [6.45, 7) is 4.68. The molecule has 1 heteroatoms. The fraction of sp³-hybridized carbons (Fsp3) is 1.00. The lowest BCUT2D eigenvalue weighted by molar-refractivity contribution is 0.220. The molecular weight excluding hydrogens is 127 g/mol. The molecule has 1 fully saturated rings. The first-order chi connectivity index (χ1) is 4.22. The van der Waals surface area contributed by atoms with E-state index in [0.717, 1.165) is 17.5 Å². The van der Waals surface area contributed by atoms with Gasteiger partial charge in [-0.1, -0.05) is 33.1 Å². The Hall–Kier alpha value is 0.430. The fourth-order valence-electron chi connectivity index (χ4n) is 1.39. The molecule has 2 unspecified atom stereocenters. The highest BCUT2D eigenvalue weighted by Crippen LogP contribution is 2.36. The zero-order valence-corrected chi connectivity index (χ0v) is 7.59. The van der Waals surface area contributed by atoms with E-state index in [4.69, 9.17) is 0 Å².